The van der Waals surface area contributed by atoms with E-state index in [1.165, 1.54) is 116 Å². The fraction of sp³-hybridized carbons (Fsp3) is 0.111. The molecular formula is C54H45N. The van der Waals surface area contributed by atoms with Crippen molar-refractivity contribution in [2.24, 2.45) is 0 Å². The van der Waals surface area contributed by atoms with Gasteiger partial charge in [0, 0.05) is 17.1 Å². The van der Waals surface area contributed by atoms with E-state index in [4.69, 9.17) is 0 Å². The van der Waals surface area contributed by atoms with E-state index in [1.54, 1.807) is 0 Å². The minimum absolute atomic E-state index is 1.20. The van der Waals surface area contributed by atoms with E-state index in [9.17, 15) is 0 Å². The standard InChI is InChI=1S/C54H45N/c1-34-28-52(37(4)25-49(34)46-22-19-40-13-7-10-16-43(40)31-46)55(53-29-35(2)50(26-38(53)5)47-23-20-41-14-8-11-17-44(41)32-47)54-30-36(3)51(27-39(54)6)48-24-21-42-15-9-12-18-45(42)33-48/h7-33H,1-6H3. The number of hydrogen-bond acceptors (Lipinski definition) is 1. The third kappa shape index (κ3) is 6.26. The van der Waals surface area contributed by atoms with Crippen LogP contribution in [0.1, 0.15) is 33.4 Å². The van der Waals surface area contributed by atoms with Crippen LogP contribution < -0.4 is 4.90 Å². The van der Waals surface area contributed by atoms with Gasteiger partial charge < -0.3 is 4.90 Å². The Morgan fingerprint density at radius 3 is 0.818 bits per heavy atom. The molecule has 0 saturated carbocycles. The molecule has 0 amide bonds. The highest BCUT2D eigenvalue weighted by Crippen LogP contribution is 2.45. The monoisotopic (exact) mass is 707 g/mol. The predicted octanol–water partition coefficient (Wildman–Crippen LogP) is 15.5. The number of anilines is 3. The molecule has 0 unspecified atom stereocenters. The minimum atomic E-state index is 1.20. The van der Waals surface area contributed by atoms with E-state index in [0.29, 0.717) is 0 Å². The van der Waals surface area contributed by atoms with Crippen LogP contribution in [0.25, 0.3) is 65.7 Å². The third-order valence-corrected chi connectivity index (χ3v) is 11.5. The van der Waals surface area contributed by atoms with Crippen molar-refractivity contribution >= 4 is 49.4 Å². The highest BCUT2D eigenvalue weighted by atomic mass is 15.1. The van der Waals surface area contributed by atoms with Crippen molar-refractivity contribution in [2.75, 3.05) is 4.90 Å². The lowest BCUT2D eigenvalue weighted by Crippen LogP contribution is -2.15. The molecule has 266 valence electrons. The summed E-state index contributed by atoms with van der Waals surface area (Å²) in [6, 6.07) is 60.7. The summed E-state index contributed by atoms with van der Waals surface area (Å²) in [7, 11) is 0. The van der Waals surface area contributed by atoms with Gasteiger partial charge in [0.05, 0.1) is 0 Å². The Labute approximate surface area is 325 Å². The lowest BCUT2D eigenvalue weighted by Gasteiger charge is -2.32. The molecule has 0 radical (unpaired) electrons. The maximum atomic E-state index is 2.52. The van der Waals surface area contributed by atoms with Crippen molar-refractivity contribution in [3.05, 3.63) is 197 Å². The second-order valence-electron chi connectivity index (χ2n) is 15.4. The molecule has 0 bridgehead atoms. The zero-order chi connectivity index (χ0) is 37.8. The van der Waals surface area contributed by atoms with Crippen molar-refractivity contribution in [3.8, 4) is 33.4 Å². The Hall–Kier alpha value is -6.44. The molecule has 0 heterocycles. The average molecular weight is 708 g/mol. The SMILES string of the molecule is Cc1cc(N(c2cc(C)c(-c3ccc4ccccc4c3)cc2C)c2cc(C)c(-c3ccc4ccccc4c3)cc2C)c(C)cc1-c1ccc2ccccc2c1. The van der Waals surface area contributed by atoms with Crippen LogP contribution in [0.2, 0.25) is 0 Å². The van der Waals surface area contributed by atoms with Gasteiger partial charge in [0.1, 0.15) is 0 Å². The molecule has 0 N–H and O–H groups in total. The number of nitrogens with zero attached hydrogens (tertiary/aromatic N) is 1. The van der Waals surface area contributed by atoms with E-state index in [-0.39, 0.29) is 0 Å². The summed E-state index contributed by atoms with van der Waals surface area (Å²) in [4.78, 5) is 2.52. The van der Waals surface area contributed by atoms with Crippen molar-refractivity contribution in [2.45, 2.75) is 41.5 Å². The minimum Gasteiger partial charge on any atom is -0.310 e. The van der Waals surface area contributed by atoms with Gasteiger partial charge in [0.25, 0.3) is 0 Å². The van der Waals surface area contributed by atoms with Gasteiger partial charge in [0.2, 0.25) is 0 Å². The van der Waals surface area contributed by atoms with Gasteiger partial charge in [-0.1, -0.05) is 109 Å². The third-order valence-electron chi connectivity index (χ3n) is 11.5. The molecule has 0 saturated heterocycles. The van der Waals surface area contributed by atoms with Crippen molar-refractivity contribution in [1.29, 1.82) is 0 Å². The summed E-state index contributed by atoms with van der Waals surface area (Å²) in [6.07, 6.45) is 0. The molecule has 1 heteroatoms. The topological polar surface area (TPSA) is 3.24 Å². The molecule has 55 heavy (non-hydrogen) atoms. The van der Waals surface area contributed by atoms with E-state index in [0.717, 1.165) is 0 Å². The first-order chi connectivity index (χ1) is 26.7. The Morgan fingerprint density at radius 2 is 0.527 bits per heavy atom. The summed E-state index contributed by atoms with van der Waals surface area (Å²) >= 11 is 0. The smallest absolute Gasteiger partial charge is 0.0494 e. The predicted molar refractivity (Wildman–Crippen MR) is 238 cm³/mol. The van der Waals surface area contributed by atoms with Gasteiger partial charge in [-0.25, -0.2) is 0 Å². The second-order valence-corrected chi connectivity index (χ2v) is 15.4. The summed E-state index contributed by atoms with van der Waals surface area (Å²) in [6.45, 7) is 13.6. The lowest BCUT2D eigenvalue weighted by atomic mass is 9.92. The summed E-state index contributed by atoms with van der Waals surface area (Å²) < 4.78 is 0. The Morgan fingerprint density at radius 1 is 0.255 bits per heavy atom. The zero-order valence-corrected chi connectivity index (χ0v) is 32.5. The Kier molecular flexibility index (Phi) is 8.59. The highest BCUT2D eigenvalue weighted by Gasteiger charge is 2.23. The van der Waals surface area contributed by atoms with Crippen LogP contribution in [-0.2, 0) is 0 Å². The zero-order valence-electron chi connectivity index (χ0n) is 32.5. The molecule has 0 aliphatic heterocycles. The van der Waals surface area contributed by atoms with Gasteiger partial charge in [0.15, 0.2) is 0 Å². The highest BCUT2D eigenvalue weighted by molar-refractivity contribution is 5.93. The first-order valence-corrected chi connectivity index (χ1v) is 19.3. The van der Waals surface area contributed by atoms with Crippen molar-refractivity contribution < 1.29 is 0 Å². The molecule has 0 aliphatic rings. The molecule has 0 fully saturated rings. The van der Waals surface area contributed by atoms with Crippen LogP contribution in [-0.4, -0.2) is 0 Å². The van der Waals surface area contributed by atoms with Gasteiger partial charge in [-0.2, -0.15) is 0 Å². The first-order valence-electron chi connectivity index (χ1n) is 19.3. The molecule has 1 nitrogen and oxygen atoms in total. The normalized spacial score (nSPS) is 11.5. The summed E-state index contributed by atoms with van der Waals surface area (Å²) in [5, 5.41) is 7.58. The number of aryl methyl sites for hydroxylation is 6. The van der Waals surface area contributed by atoms with E-state index in [1.807, 2.05) is 0 Å². The molecule has 0 atom stereocenters. The number of benzene rings is 9. The summed E-state index contributed by atoms with van der Waals surface area (Å²) in [5.74, 6) is 0. The molecule has 9 rings (SSSR count). The second kappa shape index (κ2) is 13.8. The van der Waals surface area contributed by atoms with Gasteiger partial charge in [-0.15, -0.1) is 0 Å². The van der Waals surface area contributed by atoms with Crippen molar-refractivity contribution in [3.63, 3.8) is 0 Å². The number of hydrogen-bond donors (Lipinski definition) is 0. The van der Waals surface area contributed by atoms with Crippen LogP contribution in [0.3, 0.4) is 0 Å². The molecular weight excluding hydrogens is 663 g/mol. The van der Waals surface area contributed by atoms with E-state index >= 15 is 0 Å². The maximum Gasteiger partial charge on any atom is 0.0494 e. The fourth-order valence-electron chi connectivity index (χ4n) is 8.52. The molecule has 0 spiro atoms. The quantitative estimate of drug-likeness (QED) is 0.166. The lowest BCUT2D eigenvalue weighted by molar-refractivity contribution is 1.18. The average Bonchev–Trinajstić information content (AvgIpc) is 3.20. The molecule has 9 aromatic rings. The summed E-state index contributed by atoms with van der Waals surface area (Å²) in [5.41, 5.74) is 18.6. The van der Waals surface area contributed by atoms with Crippen molar-refractivity contribution in [1.82, 2.24) is 0 Å². The van der Waals surface area contributed by atoms with Gasteiger partial charge in [-0.05, 0) is 195 Å². The van der Waals surface area contributed by atoms with Crippen LogP contribution in [0.15, 0.2) is 164 Å². The Balaban J connectivity index is 1.21. The van der Waals surface area contributed by atoms with Crippen LogP contribution >= 0.6 is 0 Å². The van der Waals surface area contributed by atoms with Crippen LogP contribution in [0.4, 0.5) is 17.1 Å². The van der Waals surface area contributed by atoms with E-state index in [2.05, 4.69) is 210 Å². The van der Waals surface area contributed by atoms with Gasteiger partial charge >= 0.3 is 0 Å². The number of fused-ring (bicyclic) bond motifs is 3. The van der Waals surface area contributed by atoms with Crippen LogP contribution in [0, 0.1) is 41.5 Å². The molecule has 0 aliphatic carbocycles. The molecule has 0 aromatic heterocycles. The van der Waals surface area contributed by atoms with E-state index < -0.39 is 0 Å². The maximum absolute atomic E-state index is 2.52. The fourth-order valence-corrected chi connectivity index (χ4v) is 8.52. The Bertz CT molecular complexity index is 2630. The van der Waals surface area contributed by atoms with Crippen LogP contribution in [0.5, 0.6) is 0 Å². The van der Waals surface area contributed by atoms with Gasteiger partial charge in [-0.3, -0.25) is 0 Å². The number of rotatable bonds is 6. The first kappa shape index (κ1) is 34.3. The molecule has 9 aromatic carbocycles. The largest absolute Gasteiger partial charge is 0.310 e.